The standard InChI is InChI=1S/C16H17NO3/c1-17(13-8-4-6-10-15(13)20-2)16(19)11-12-7-3-5-9-14(12)18/h3-10,18H,11H2,1-2H3. The largest absolute Gasteiger partial charge is 0.508 e. The van der Waals surface area contributed by atoms with E-state index in [4.69, 9.17) is 4.74 Å². The molecule has 0 atom stereocenters. The molecule has 0 aliphatic rings. The molecule has 2 aromatic rings. The van der Waals surface area contributed by atoms with E-state index in [0.29, 0.717) is 17.0 Å². The molecule has 0 unspecified atom stereocenters. The topological polar surface area (TPSA) is 49.8 Å². The maximum atomic E-state index is 12.3. The normalized spacial score (nSPS) is 10.1. The molecule has 0 aromatic heterocycles. The number of aromatic hydroxyl groups is 1. The molecule has 2 rings (SSSR count). The summed E-state index contributed by atoms with van der Waals surface area (Å²) in [6.07, 6.45) is 0.140. The fourth-order valence-electron chi connectivity index (χ4n) is 1.98. The van der Waals surface area contributed by atoms with Gasteiger partial charge in [0.2, 0.25) is 5.91 Å². The van der Waals surface area contributed by atoms with E-state index >= 15 is 0 Å². The summed E-state index contributed by atoms with van der Waals surface area (Å²) in [5.41, 5.74) is 1.31. The number of amides is 1. The number of carbonyl (C=O) groups excluding carboxylic acids is 1. The predicted molar refractivity (Wildman–Crippen MR) is 78.2 cm³/mol. The molecule has 1 N–H and O–H groups in total. The van der Waals surface area contributed by atoms with E-state index in [1.807, 2.05) is 18.2 Å². The summed E-state index contributed by atoms with van der Waals surface area (Å²) in [6.45, 7) is 0. The van der Waals surface area contributed by atoms with E-state index in [1.54, 1.807) is 44.5 Å². The number of benzene rings is 2. The third-order valence-corrected chi connectivity index (χ3v) is 3.15. The molecule has 2 aromatic carbocycles. The van der Waals surface area contributed by atoms with Gasteiger partial charge in [0.15, 0.2) is 0 Å². The number of anilines is 1. The van der Waals surface area contributed by atoms with Gasteiger partial charge in [-0.05, 0) is 18.2 Å². The molecular formula is C16H17NO3. The fraction of sp³-hybridized carbons (Fsp3) is 0.188. The molecule has 0 aliphatic carbocycles. The highest BCUT2D eigenvalue weighted by Gasteiger charge is 2.16. The van der Waals surface area contributed by atoms with Gasteiger partial charge in [0.1, 0.15) is 11.5 Å². The lowest BCUT2D eigenvalue weighted by Gasteiger charge is -2.20. The molecule has 0 saturated carbocycles. The van der Waals surface area contributed by atoms with Gasteiger partial charge in [-0.15, -0.1) is 0 Å². The molecule has 0 fully saturated rings. The summed E-state index contributed by atoms with van der Waals surface area (Å²) in [5.74, 6) is 0.658. The minimum Gasteiger partial charge on any atom is -0.508 e. The van der Waals surface area contributed by atoms with Gasteiger partial charge < -0.3 is 14.7 Å². The SMILES string of the molecule is COc1ccccc1N(C)C(=O)Cc1ccccc1O. The van der Waals surface area contributed by atoms with E-state index in [1.165, 1.54) is 4.90 Å². The van der Waals surface area contributed by atoms with Crippen molar-refractivity contribution in [2.75, 3.05) is 19.1 Å². The Labute approximate surface area is 118 Å². The highest BCUT2D eigenvalue weighted by molar-refractivity contribution is 5.95. The van der Waals surface area contributed by atoms with E-state index < -0.39 is 0 Å². The van der Waals surface area contributed by atoms with Crippen LogP contribution in [-0.2, 0) is 11.2 Å². The van der Waals surface area contributed by atoms with Crippen molar-refractivity contribution in [3.63, 3.8) is 0 Å². The Kier molecular flexibility index (Phi) is 4.25. The highest BCUT2D eigenvalue weighted by Crippen LogP contribution is 2.27. The van der Waals surface area contributed by atoms with Crippen LogP contribution < -0.4 is 9.64 Å². The summed E-state index contributed by atoms with van der Waals surface area (Å²) in [5, 5.41) is 9.72. The first-order valence-electron chi connectivity index (χ1n) is 6.30. The second-order valence-corrected chi connectivity index (χ2v) is 4.43. The van der Waals surface area contributed by atoms with Gasteiger partial charge >= 0.3 is 0 Å². The molecule has 0 heterocycles. The van der Waals surface area contributed by atoms with Crippen LogP contribution in [0.1, 0.15) is 5.56 Å². The van der Waals surface area contributed by atoms with Crippen LogP contribution in [0, 0.1) is 0 Å². The van der Waals surface area contributed by atoms with E-state index in [-0.39, 0.29) is 18.1 Å². The molecule has 0 bridgehead atoms. The fourth-order valence-corrected chi connectivity index (χ4v) is 1.98. The van der Waals surface area contributed by atoms with Crippen molar-refractivity contribution >= 4 is 11.6 Å². The molecule has 0 saturated heterocycles. The number of nitrogens with zero attached hydrogens (tertiary/aromatic N) is 1. The van der Waals surface area contributed by atoms with Crippen LogP contribution >= 0.6 is 0 Å². The lowest BCUT2D eigenvalue weighted by molar-refractivity contribution is -0.117. The molecule has 0 radical (unpaired) electrons. The van der Waals surface area contributed by atoms with Crippen LogP contribution in [0.3, 0.4) is 0 Å². The molecule has 20 heavy (non-hydrogen) atoms. The zero-order valence-electron chi connectivity index (χ0n) is 11.5. The van der Waals surface area contributed by atoms with Crippen molar-refractivity contribution in [3.8, 4) is 11.5 Å². The highest BCUT2D eigenvalue weighted by atomic mass is 16.5. The lowest BCUT2D eigenvalue weighted by Crippen LogP contribution is -2.28. The second kappa shape index (κ2) is 6.10. The van der Waals surface area contributed by atoms with Gasteiger partial charge in [0.25, 0.3) is 0 Å². The molecule has 0 aliphatic heterocycles. The number of ether oxygens (including phenoxy) is 1. The molecular weight excluding hydrogens is 254 g/mol. The number of hydrogen-bond donors (Lipinski definition) is 1. The van der Waals surface area contributed by atoms with E-state index in [2.05, 4.69) is 0 Å². The first-order chi connectivity index (χ1) is 9.63. The quantitative estimate of drug-likeness (QED) is 0.930. The number of para-hydroxylation sites is 3. The number of carbonyl (C=O) groups is 1. The van der Waals surface area contributed by atoms with Crippen molar-refractivity contribution in [2.45, 2.75) is 6.42 Å². The molecule has 104 valence electrons. The number of phenols is 1. The monoisotopic (exact) mass is 271 g/mol. The number of phenolic OH excluding ortho intramolecular Hbond substituents is 1. The Hall–Kier alpha value is -2.49. The summed E-state index contributed by atoms with van der Waals surface area (Å²) in [6, 6.07) is 14.2. The molecule has 4 heteroatoms. The maximum Gasteiger partial charge on any atom is 0.231 e. The van der Waals surface area contributed by atoms with Crippen LogP contribution in [0.25, 0.3) is 0 Å². The third kappa shape index (κ3) is 2.91. The van der Waals surface area contributed by atoms with Crippen LogP contribution in [0.15, 0.2) is 48.5 Å². The van der Waals surface area contributed by atoms with Crippen LogP contribution in [0.2, 0.25) is 0 Å². The summed E-state index contributed by atoms with van der Waals surface area (Å²) < 4.78 is 5.25. The maximum absolute atomic E-state index is 12.3. The number of methoxy groups -OCH3 is 1. The molecule has 0 spiro atoms. The Morgan fingerprint density at radius 2 is 1.80 bits per heavy atom. The van der Waals surface area contributed by atoms with E-state index in [9.17, 15) is 9.90 Å². The molecule has 1 amide bonds. The summed E-state index contributed by atoms with van der Waals surface area (Å²) >= 11 is 0. The number of hydrogen-bond acceptors (Lipinski definition) is 3. The molecule has 4 nitrogen and oxygen atoms in total. The minimum atomic E-state index is -0.115. The Morgan fingerprint density at radius 3 is 2.50 bits per heavy atom. The Balaban J connectivity index is 2.19. The van der Waals surface area contributed by atoms with Crippen molar-refractivity contribution in [1.82, 2.24) is 0 Å². The smallest absolute Gasteiger partial charge is 0.231 e. The summed E-state index contributed by atoms with van der Waals surface area (Å²) in [4.78, 5) is 13.8. The number of rotatable bonds is 4. The van der Waals surface area contributed by atoms with Crippen LogP contribution in [0.4, 0.5) is 5.69 Å². The average Bonchev–Trinajstić information content (AvgIpc) is 2.48. The van der Waals surface area contributed by atoms with Crippen molar-refractivity contribution in [1.29, 1.82) is 0 Å². The van der Waals surface area contributed by atoms with Gasteiger partial charge in [-0.2, -0.15) is 0 Å². The lowest BCUT2D eigenvalue weighted by atomic mass is 10.1. The average molecular weight is 271 g/mol. The van der Waals surface area contributed by atoms with Gasteiger partial charge in [0, 0.05) is 12.6 Å². The van der Waals surface area contributed by atoms with Gasteiger partial charge in [-0.1, -0.05) is 30.3 Å². The van der Waals surface area contributed by atoms with Crippen molar-refractivity contribution in [3.05, 3.63) is 54.1 Å². The predicted octanol–water partition coefficient (Wildman–Crippen LogP) is 2.61. The van der Waals surface area contributed by atoms with Gasteiger partial charge in [-0.25, -0.2) is 0 Å². The van der Waals surface area contributed by atoms with Crippen molar-refractivity contribution < 1.29 is 14.6 Å². The first kappa shape index (κ1) is 13.9. The summed E-state index contributed by atoms with van der Waals surface area (Å²) in [7, 11) is 3.26. The van der Waals surface area contributed by atoms with Crippen LogP contribution in [0.5, 0.6) is 11.5 Å². The number of likely N-dealkylation sites (N-methyl/N-ethyl adjacent to an activating group) is 1. The minimum absolute atomic E-state index is 0.115. The zero-order valence-corrected chi connectivity index (χ0v) is 11.5. The Morgan fingerprint density at radius 1 is 1.15 bits per heavy atom. The van der Waals surface area contributed by atoms with Gasteiger partial charge in [0.05, 0.1) is 19.2 Å². The first-order valence-corrected chi connectivity index (χ1v) is 6.30. The van der Waals surface area contributed by atoms with Crippen molar-refractivity contribution in [2.24, 2.45) is 0 Å². The zero-order chi connectivity index (χ0) is 14.5. The van der Waals surface area contributed by atoms with Crippen LogP contribution in [-0.4, -0.2) is 25.2 Å². The van der Waals surface area contributed by atoms with Gasteiger partial charge in [-0.3, -0.25) is 4.79 Å². The third-order valence-electron chi connectivity index (χ3n) is 3.15. The second-order valence-electron chi connectivity index (χ2n) is 4.43. The Bertz CT molecular complexity index is 610. The van der Waals surface area contributed by atoms with E-state index in [0.717, 1.165) is 0 Å².